The molecule has 1 heterocycles. The summed E-state index contributed by atoms with van der Waals surface area (Å²) in [5.41, 5.74) is 1.84. The Hall–Kier alpha value is -2.57. The van der Waals surface area contributed by atoms with Crippen molar-refractivity contribution in [1.29, 1.82) is 0 Å². The van der Waals surface area contributed by atoms with Gasteiger partial charge in [-0.15, -0.1) is 0 Å². The molecule has 0 aliphatic carbocycles. The normalized spacial score (nSPS) is 14.2. The van der Waals surface area contributed by atoms with Crippen molar-refractivity contribution in [3.05, 3.63) is 24.3 Å². The molecule has 25 heavy (non-hydrogen) atoms. The molecule has 1 aromatic carbocycles. The third kappa shape index (κ3) is 4.95. The monoisotopic (exact) mass is 346 g/mol. The third-order valence-corrected chi connectivity index (χ3v) is 4.42. The summed E-state index contributed by atoms with van der Waals surface area (Å²) >= 11 is 0. The Morgan fingerprint density at radius 3 is 2.08 bits per heavy atom. The van der Waals surface area contributed by atoms with E-state index < -0.39 is 0 Å². The number of hydrogen-bond acceptors (Lipinski definition) is 4. The largest absolute Gasteiger partial charge is 0.378 e. The molecule has 7 heteroatoms. The lowest BCUT2D eigenvalue weighted by Gasteiger charge is -2.33. The minimum absolute atomic E-state index is 0.0155. The van der Waals surface area contributed by atoms with Crippen molar-refractivity contribution < 1.29 is 14.4 Å². The highest BCUT2D eigenvalue weighted by atomic mass is 16.2. The Kier molecular flexibility index (Phi) is 6.38. The molecule has 1 saturated heterocycles. The number of amides is 3. The molecular formula is C18H26N4O3. The van der Waals surface area contributed by atoms with E-state index in [9.17, 15) is 14.4 Å². The molecule has 0 bridgehead atoms. The van der Waals surface area contributed by atoms with Crippen LogP contribution in [0.15, 0.2) is 24.3 Å². The van der Waals surface area contributed by atoms with Gasteiger partial charge in [-0.25, -0.2) is 0 Å². The fourth-order valence-corrected chi connectivity index (χ4v) is 2.84. The first-order valence-electron chi connectivity index (χ1n) is 8.45. The Labute approximate surface area is 148 Å². The predicted octanol–water partition coefficient (Wildman–Crippen LogP) is 0.796. The third-order valence-electron chi connectivity index (χ3n) is 4.42. The van der Waals surface area contributed by atoms with E-state index in [0.717, 1.165) is 17.8 Å². The summed E-state index contributed by atoms with van der Waals surface area (Å²) in [6, 6.07) is 7.69. The number of anilines is 2. The quantitative estimate of drug-likeness (QED) is 0.715. The fraction of sp³-hybridized carbons (Fsp3) is 0.500. The van der Waals surface area contributed by atoms with Crippen LogP contribution in [-0.4, -0.2) is 74.8 Å². The van der Waals surface area contributed by atoms with Crippen LogP contribution in [0.1, 0.15) is 13.3 Å². The maximum Gasteiger partial charge on any atom is 0.224 e. The van der Waals surface area contributed by atoms with Gasteiger partial charge in [0.1, 0.15) is 0 Å². The smallest absolute Gasteiger partial charge is 0.224 e. The van der Waals surface area contributed by atoms with Crippen LogP contribution in [0.5, 0.6) is 0 Å². The van der Waals surface area contributed by atoms with Crippen molar-refractivity contribution in [3.63, 3.8) is 0 Å². The lowest BCUT2D eigenvalue weighted by molar-refractivity contribution is -0.135. The zero-order chi connectivity index (χ0) is 18.4. The summed E-state index contributed by atoms with van der Waals surface area (Å²) in [6.07, 6.45) is 1.09. The number of carbonyl (C=O) groups is 3. The molecule has 2 rings (SSSR count). The highest BCUT2D eigenvalue weighted by molar-refractivity contribution is 5.92. The van der Waals surface area contributed by atoms with E-state index >= 15 is 0 Å². The van der Waals surface area contributed by atoms with Crippen LogP contribution < -0.4 is 9.80 Å². The molecule has 1 aromatic rings. The molecule has 1 fully saturated rings. The summed E-state index contributed by atoms with van der Waals surface area (Å²) in [4.78, 5) is 42.1. The summed E-state index contributed by atoms with van der Waals surface area (Å²) in [5.74, 6) is -0.0714. The van der Waals surface area contributed by atoms with Crippen LogP contribution in [0.25, 0.3) is 0 Å². The van der Waals surface area contributed by atoms with Gasteiger partial charge in [0.15, 0.2) is 0 Å². The van der Waals surface area contributed by atoms with Gasteiger partial charge in [-0.05, 0) is 24.3 Å². The van der Waals surface area contributed by atoms with Gasteiger partial charge < -0.3 is 19.6 Å². The maximum atomic E-state index is 12.4. The maximum absolute atomic E-state index is 12.4. The zero-order valence-corrected chi connectivity index (χ0v) is 15.1. The predicted molar refractivity (Wildman–Crippen MR) is 97.6 cm³/mol. The van der Waals surface area contributed by atoms with Gasteiger partial charge >= 0.3 is 0 Å². The molecule has 136 valence electrons. The second kappa shape index (κ2) is 8.50. The number of rotatable bonds is 6. The number of benzene rings is 1. The molecule has 0 radical (unpaired) electrons. The van der Waals surface area contributed by atoms with E-state index in [1.807, 2.05) is 43.3 Å². The topological polar surface area (TPSA) is 64.2 Å². The average molecular weight is 346 g/mol. The van der Waals surface area contributed by atoms with Crippen LogP contribution in [0.3, 0.4) is 0 Å². The highest BCUT2D eigenvalue weighted by Gasteiger charge is 2.21. The van der Waals surface area contributed by atoms with E-state index in [1.54, 1.807) is 14.7 Å². The SMILES string of the molecule is CC(=O)N(CCC(=O)N1CCN(C=O)CC1)c1ccc(N(C)C)cc1. The minimum atomic E-state index is -0.0869. The Bertz CT molecular complexity index is 607. The van der Waals surface area contributed by atoms with Crippen LogP contribution in [-0.2, 0) is 14.4 Å². The second-order valence-corrected chi connectivity index (χ2v) is 6.35. The first kappa shape index (κ1) is 18.8. The van der Waals surface area contributed by atoms with Crippen molar-refractivity contribution in [2.75, 3.05) is 56.6 Å². The summed E-state index contributed by atoms with van der Waals surface area (Å²) < 4.78 is 0. The van der Waals surface area contributed by atoms with Crippen LogP contribution in [0, 0.1) is 0 Å². The summed E-state index contributed by atoms with van der Waals surface area (Å²) in [5, 5.41) is 0. The van der Waals surface area contributed by atoms with Crippen LogP contribution in [0.4, 0.5) is 11.4 Å². The van der Waals surface area contributed by atoms with E-state index in [2.05, 4.69) is 0 Å². The Balaban J connectivity index is 1.94. The summed E-state index contributed by atoms with van der Waals surface area (Å²) in [7, 11) is 3.92. The van der Waals surface area contributed by atoms with Gasteiger partial charge in [-0.3, -0.25) is 14.4 Å². The van der Waals surface area contributed by atoms with Crippen molar-refractivity contribution in [2.24, 2.45) is 0 Å². The van der Waals surface area contributed by atoms with Crippen molar-refractivity contribution >= 4 is 29.6 Å². The average Bonchev–Trinajstić information content (AvgIpc) is 2.62. The number of nitrogens with zero attached hydrogens (tertiary/aromatic N) is 4. The van der Waals surface area contributed by atoms with Gasteiger partial charge in [0, 0.05) is 71.5 Å². The standard InChI is InChI=1S/C18H26N4O3/c1-15(24)22(17-6-4-16(5-7-17)19(2)3)9-8-18(25)21-12-10-20(14-23)11-13-21/h4-7,14H,8-13H2,1-3H3. The minimum Gasteiger partial charge on any atom is -0.378 e. The van der Waals surface area contributed by atoms with Crippen LogP contribution >= 0.6 is 0 Å². The molecule has 1 aliphatic heterocycles. The number of piperazine rings is 1. The zero-order valence-electron chi connectivity index (χ0n) is 15.1. The molecule has 0 N–H and O–H groups in total. The van der Waals surface area contributed by atoms with E-state index in [0.29, 0.717) is 32.7 Å². The molecular weight excluding hydrogens is 320 g/mol. The molecule has 0 unspecified atom stereocenters. The van der Waals surface area contributed by atoms with Gasteiger partial charge in [0.2, 0.25) is 18.2 Å². The van der Waals surface area contributed by atoms with Crippen LogP contribution in [0.2, 0.25) is 0 Å². The molecule has 0 aromatic heterocycles. The second-order valence-electron chi connectivity index (χ2n) is 6.35. The van der Waals surface area contributed by atoms with E-state index in [-0.39, 0.29) is 18.2 Å². The molecule has 0 saturated carbocycles. The molecule has 7 nitrogen and oxygen atoms in total. The van der Waals surface area contributed by atoms with Gasteiger partial charge in [-0.2, -0.15) is 0 Å². The first-order chi connectivity index (χ1) is 11.9. The Morgan fingerprint density at radius 1 is 1.04 bits per heavy atom. The van der Waals surface area contributed by atoms with E-state index in [1.165, 1.54) is 6.92 Å². The molecule has 0 atom stereocenters. The van der Waals surface area contributed by atoms with Gasteiger partial charge in [0.25, 0.3) is 0 Å². The molecule has 0 spiro atoms. The lowest BCUT2D eigenvalue weighted by Crippen LogP contribution is -2.48. The van der Waals surface area contributed by atoms with Gasteiger partial charge in [-0.1, -0.05) is 0 Å². The highest BCUT2D eigenvalue weighted by Crippen LogP contribution is 2.20. The number of hydrogen-bond donors (Lipinski definition) is 0. The molecule has 3 amide bonds. The first-order valence-corrected chi connectivity index (χ1v) is 8.45. The van der Waals surface area contributed by atoms with Crippen molar-refractivity contribution in [2.45, 2.75) is 13.3 Å². The summed E-state index contributed by atoms with van der Waals surface area (Å²) in [6.45, 7) is 4.09. The fourth-order valence-electron chi connectivity index (χ4n) is 2.84. The number of carbonyl (C=O) groups excluding carboxylic acids is 3. The van der Waals surface area contributed by atoms with Gasteiger partial charge in [0.05, 0.1) is 0 Å². The Morgan fingerprint density at radius 2 is 1.60 bits per heavy atom. The van der Waals surface area contributed by atoms with E-state index in [4.69, 9.17) is 0 Å². The van der Waals surface area contributed by atoms with Crippen molar-refractivity contribution in [1.82, 2.24) is 9.80 Å². The van der Waals surface area contributed by atoms with Crippen molar-refractivity contribution in [3.8, 4) is 0 Å². The molecule has 1 aliphatic rings. The lowest BCUT2D eigenvalue weighted by atomic mass is 10.2.